The van der Waals surface area contributed by atoms with Crippen molar-refractivity contribution in [2.45, 2.75) is 25.5 Å². The number of carbonyl (C=O) groups is 1. The van der Waals surface area contributed by atoms with E-state index in [1.807, 2.05) is 30.8 Å². The summed E-state index contributed by atoms with van der Waals surface area (Å²) >= 11 is 0. The highest BCUT2D eigenvalue weighted by atomic mass is 35.5. The van der Waals surface area contributed by atoms with Crippen LogP contribution in [0, 0.1) is 5.82 Å². The maximum atomic E-state index is 13.7. The van der Waals surface area contributed by atoms with Gasteiger partial charge in [-0.15, -0.1) is 12.4 Å². The Balaban J connectivity index is 0.00000341. The van der Waals surface area contributed by atoms with Gasteiger partial charge in [0.15, 0.2) is 5.78 Å². The number of aliphatic hydroxyl groups is 1. The van der Waals surface area contributed by atoms with Crippen LogP contribution in [-0.2, 0) is 7.05 Å². The summed E-state index contributed by atoms with van der Waals surface area (Å²) in [5, 5.41) is 13.6. The maximum Gasteiger partial charge on any atom is 0.162 e. The normalized spacial score (nSPS) is 12.6. The molecule has 2 N–H and O–H groups in total. The number of Topliss-reactive ketones (excluding diaryl/α,β-unsaturated/α-hetero) is 1. The fourth-order valence-corrected chi connectivity index (χ4v) is 3.15. The molecular formula is C23H27ClFN3O3. The molecule has 0 aliphatic carbocycles. The number of ether oxygens (including phenoxy) is 1. The zero-order valence-electron chi connectivity index (χ0n) is 17.5. The lowest BCUT2D eigenvalue weighted by Gasteiger charge is -2.21. The van der Waals surface area contributed by atoms with Crippen LogP contribution in [0.4, 0.5) is 4.39 Å². The lowest BCUT2D eigenvalue weighted by Crippen LogP contribution is -2.35. The molecule has 3 aromatic rings. The van der Waals surface area contributed by atoms with E-state index in [1.165, 1.54) is 12.1 Å². The van der Waals surface area contributed by atoms with Crippen molar-refractivity contribution in [3.63, 3.8) is 0 Å². The van der Waals surface area contributed by atoms with Gasteiger partial charge in [0.1, 0.15) is 30.1 Å². The van der Waals surface area contributed by atoms with Gasteiger partial charge in [0.2, 0.25) is 0 Å². The summed E-state index contributed by atoms with van der Waals surface area (Å²) in [5.41, 5.74) is 1.36. The number of imidazole rings is 1. The van der Waals surface area contributed by atoms with E-state index in [0.717, 1.165) is 0 Å². The molecule has 2 unspecified atom stereocenters. The number of halogens is 2. The van der Waals surface area contributed by atoms with E-state index in [-0.39, 0.29) is 43.2 Å². The minimum absolute atomic E-state index is 0. The van der Waals surface area contributed by atoms with Crippen molar-refractivity contribution in [2.24, 2.45) is 7.05 Å². The number of aromatic nitrogens is 2. The van der Waals surface area contributed by atoms with Crippen molar-refractivity contribution in [3.05, 3.63) is 83.7 Å². The minimum atomic E-state index is -0.793. The molecule has 6 nitrogen and oxygen atoms in total. The highest BCUT2D eigenvalue weighted by molar-refractivity contribution is 5.95. The van der Waals surface area contributed by atoms with Crippen LogP contribution in [-0.4, -0.2) is 39.7 Å². The first-order valence-corrected chi connectivity index (χ1v) is 9.88. The highest BCUT2D eigenvalue weighted by Crippen LogP contribution is 2.21. The molecule has 1 aromatic heterocycles. The monoisotopic (exact) mass is 447 g/mol. The molecule has 0 radical (unpaired) electrons. The van der Waals surface area contributed by atoms with Gasteiger partial charge in [-0.3, -0.25) is 4.79 Å². The first-order valence-electron chi connectivity index (χ1n) is 9.88. The highest BCUT2D eigenvalue weighted by Gasteiger charge is 2.20. The number of aryl methyl sites for hydroxylation is 1. The van der Waals surface area contributed by atoms with Gasteiger partial charge in [-0.05, 0) is 42.0 Å². The van der Waals surface area contributed by atoms with Gasteiger partial charge >= 0.3 is 0 Å². The summed E-state index contributed by atoms with van der Waals surface area (Å²) in [6.07, 6.45) is 3.15. The van der Waals surface area contributed by atoms with E-state index in [2.05, 4.69) is 10.3 Å². The molecule has 0 saturated heterocycles. The van der Waals surface area contributed by atoms with Gasteiger partial charge in [0, 0.05) is 38.0 Å². The zero-order chi connectivity index (χ0) is 21.5. The lowest BCUT2D eigenvalue weighted by atomic mass is 10.1. The molecule has 1 heterocycles. The Morgan fingerprint density at radius 3 is 2.61 bits per heavy atom. The third-order valence-electron chi connectivity index (χ3n) is 4.80. The molecule has 0 aliphatic rings. The third-order valence-corrected chi connectivity index (χ3v) is 4.80. The van der Waals surface area contributed by atoms with Crippen molar-refractivity contribution < 1.29 is 19.0 Å². The van der Waals surface area contributed by atoms with Gasteiger partial charge in [-0.1, -0.05) is 19.1 Å². The molecule has 3 rings (SSSR count). The second kappa shape index (κ2) is 11.6. The Morgan fingerprint density at radius 1 is 1.26 bits per heavy atom. The Labute approximate surface area is 187 Å². The van der Waals surface area contributed by atoms with Gasteiger partial charge in [-0.25, -0.2) is 9.37 Å². The van der Waals surface area contributed by atoms with E-state index >= 15 is 0 Å². The van der Waals surface area contributed by atoms with Crippen LogP contribution >= 0.6 is 12.4 Å². The molecule has 0 amide bonds. The van der Waals surface area contributed by atoms with Crippen molar-refractivity contribution in [1.82, 2.24) is 14.9 Å². The smallest absolute Gasteiger partial charge is 0.162 e. The second-order valence-electron chi connectivity index (χ2n) is 7.06. The van der Waals surface area contributed by atoms with Crippen LogP contribution in [0.3, 0.4) is 0 Å². The summed E-state index contributed by atoms with van der Waals surface area (Å²) in [6.45, 7) is 2.11. The predicted molar refractivity (Wildman–Crippen MR) is 119 cm³/mol. The first kappa shape index (κ1) is 24.5. The van der Waals surface area contributed by atoms with Crippen molar-refractivity contribution in [2.75, 3.05) is 13.2 Å². The van der Waals surface area contributed by atoms with Crippen LogP contribution in [0.25, 0.3) is 0 Å². The SMILES string of the molecule is CCC(=O)c1ccc(OCC(O)CNC(c2cccc(F)c2)c2nccn2C)cc1.Cl. The molecule has 2 atom stereocenters. The topological polar surface area (TPSA) is 76.4 Å². The molecular weight excluding hydrogens is 421 g/mol. The second-order valence-corrected chi connectivity index (χ2v) is 7.06. The van der Waals surface area contributed by atoms with E-state index in [4.69, 9.17) is 4.74 Å². The van der Waals surface area contributed by atoms with Crippen molar-refractivity contribution in [3.8, 4) is 5.75 Å². The number of benzene rings is 2. The molecule has 0 fully saturated rings. The van der Waals surface area contributed by atoms with Gasteiger partial charge in [-0.2, -0.15) is 0 Å². The molecule has 2 aromatic carbocycles. The number of ketones is 1. The first-order chi connectivity index (χ1) is 14.5. The molecule has 0 saturated carbocycles. The summed E-state index contributed by atoms with van der Waals surface area (Å²) in [6, 6.07) is 12.8. The standard InChI is InChI=1S/C23H26FN3O3.ClH/c1-3-21(29)16-7-9-20(10-8-16)30-15-19(28)14-26-22(23-25-11-12-27(23)2)17-5-4-6-18(24)13-17;/h4-13,19,22,26,28H,3,14-15H2,1-2H3;1H. The van der Waals surface area contributed by atoms with Crippen LogP contribution < -0.4 is 10.1 Å². The van der Waals surface area contributed by atoms with Crippen LogP contribution in [0.15, 0.2) is 60.9 Å². The number of hydrogen-bond acceptors (Lipinski definition) is 5. The Kier molecular flexibility index (Phi) is 9.18. The predicted octanol–water partition coefficient (Wildman–Crippen LogP) is 3.69. The molecule has 0 spiro atoms. The van der Waals surface area contributed by atoms with Gasteiger partial charge in [0.05, 0.1) is 6.04 Å². The summed E-state index contributed by atoms with van der Waals surface area (Å²) in [5.74, 6) is 1.03. The summed E-state index contributed by atoms with van der Waals surface area (Å²) in [7, 11) is 1.86. The van der Waals surface area contributed by atoms with Gasteiger partial charge in [0.25, 0.3) is 0 Å². The summed E-state index contributed by atoms with van der Waals surface area (Å²) < 4.78 is 21.2. The Hall–Kier alpha value is -2.74. The quantitative estimate of drug-likeness (QED) is 0.463. The van der Waals surface area contributed by atoms with E-state index in [9.17, 15) is 14.3 Å². The average Bonchev–Trinajstić information content (AvgIpc) is 3.18. The molecule has 8 heteroatoms. The van der Waals surface area contributed by atoms with Crippen molar-refractivity contribution in [1.29, 1.82) is 0 Å². The number of hydrogen-bond donors (Lipinski definition) is 2. The number of nitrogens with zero attached hydrogens (tertiary/aromatic N) is 2. The molecule has 0 aliphatic heterocycles. The number of aliphatic hydroxyl groups excluding tert-OH is 1. The fourth-order valence-electron chi connectivity index (χ4n) is 3.15. The number of carbonyl (C=O) groups excluding carboxylic acids is 1. The molecule has 166 valence electrons. The largest absolute Gasteiger partial charge is 0.491 e. The van der Waals surface area contributed by atoms with E-state index in [0.29, 0.717) is 29.1 Å². The molecule has 31 heavy (non-hydrogen) atoms. The minimum Gasteiger partial charge on any atom is -0.491 e. The Bertz CT molecular complexity index is 978. The van der Waals surface area contributed by atoms with Gasteiger partial charge < -0.3 is 19.7 Å². The van der Waals surface area contributed by atoms with Crippen LogP contribution in [0.5, 0.6) is 5.75 Å². The third kappa shape index (κ3) is 6.62. The van der Waals surface area contributed by atoms with E-state index < -0.39 is 6.10 Å². The maximum absolute atomic E-state index is 13.7. The van der Waals surface area contributed by atoms with Crippen LogP contribution in [0.1, 0.15) is 41.1 Å². The average molecular weight is 448 g/mol. The van der Waals surface area contributed by atoms with Crippen molar-refractivity contribution >= 4 is 18.2 Å². The lowest BCUT2D eigenvalue weighted by molar-refractivity contribution is 0.0986. The van der Waals surface area contributed by atoms with E-state index in [1.54, 1.807) is 36.5 Å². The zero-order valence-corrected chi connectivity index (χ0v) is 18.3. The Morgan fingerprint density at radius 2 is 2.00 bits per heavy atom. The van der Waals surface area contributed by atoms with Crippen LogP contribution in [0.2, 0.25) is 0 Å². The molecule has 0 bridgehead atoms. The summed E-state index contributed by atoms with van der Waals surface area (Å²) in [4.78, 5) is 16.0. The number of nitrogens with one attached hydrogen (secondary N) is 1. The number of rotatable bonds is 10. The fraction of sp³-hybridized carbons (Fsp3) is 0.304.